The normalized spacial score (nSPS) is 18.1. The minimum Gasteiger partial charge on any atom is -0.493 e. The third-order valence-electron chi connectivity index (χ3n) is 6.22. The molecule has 2 aromatic carbocycles. The summed E-state index contributed by atoms with van der Waals surface area (Å²) in [5.74, 6) is 1.51. The molecular formula is C26H29N3O3S. The molecule has 0 aromatic heterocycles. The van der Waals surface area contributed by atoms with Crippen molar-refractivity contribution in [1.82, 2.24) is 4.90 Å². The lowest BCUT2D eigenvalue weighted by Gasteiger charge is -2.42. The summed E-state index contributed by atoms with van der Waals surface area (Å²) in [7, 11) is 3.17. The van der Waals surface area contributed by atoms with E-state index in [0.29, 0.717) is 29.6 Å². The third-order valence-corrected chi connectivity index (χ3v) is 7.38. The number of carbonyl (C=O) groups excluding carboxylic acids is 1. The van der Waals surface area contributed by atoms with Gasteiger partial charge >= 0.3 is 0 Å². The molecule has 0 unspecified atom stereocenters. The van der Waals surface area contributed by atoms with Crippen molar-refractivity contribution in [3.8, 4) is 17.6 Å². The van der Waals surface area contributed by atoms with Crippen LogP contribution in [0.2, 0.25) is 0 Å². The zero-order chi connectivity index (χ0) is 23.4. The van der Waals surface area contributed by atoms with E-state index in [0.717, 1.165) is 22.7 Å². The topological polar surface area (TPSA) is 65.8 Å². The molecule has 0 N–H and O–H groups in total. The minimum atomic E-state index is -0.351. The number of nitrogens with zero attached hydrogens (tertiary/aromatic N) is 3. The van der Waals surface area contributed by atoms with Crippen LogP contribution >= 0.6 is 11.8 Å². The first-order chi connectivity index (χ1) is 16.1. The van der Waals surface area contributed by atoms with Crippen molar-refractivity contribution in [2.45, 2.75) is 38.5 Å². The number of carbonyl (C=O) groups is 1. The van der Waals surface area contributed by atoms with Crippen molar-refractivity contribution in [2.75, 3.05) is 31.7 Å². The molecule has 1 saturated heterocycles. The second-order valence-electron chi connectivity index (χ2n) is 8.22. The minimum absolute atomic E-state index is 0.00985. The van der Waals surface area contributed by atoms with E-state index in [2.05, 4.69) is 42.2 Å². The fourth-order valence-corrected chi connectivity index (χ4v) is 5.60. The van der Waals surface area contributed by atoms with E-state index >= 15 is 0 Å². The molecular weight excluding hydrogens is 434 g/mol. The number of methoxy groups -OCH3 is 2. The van der Waals surface area contributed by atoms with E-state index in [1.54, 1.807) is 30.9 Å². The molecule has 0 radical (unpaired) electrons. The molecule has 33 heavy (non-hydrogen) atoms. The van der Waals surface area contributed by atoms with Gasteiger partial charge in [-0.2, -0.15) is 5.26 Å². The smallest absolute Gasteiger partial charge is 0.229 e. The molecule has 2 aliphatic rings. The molecule has 2 aromatic rings. The highest BCUT2D eigenvalue weighted by Crippen LogP contribution is 2.47. The van der Waals surface area contributed by atoms with Crippen LogP contribution in [0.25, 0.3) is 0 Å². The summed E-state index contributed by atoms with van der Waals surface area (Å²) in [5.41, 5.74) is 3.84. The number of nitriles is 1. The van der Waals surface area contributed by atoms with E-state index < -0.39 is 0 Å². The van der Waals surface area contributed by atoms with Gasteiger partial charge in [-0.25, -0.2) is 0 Å². The van der Waals surface area contributed by atoms with Gasteiger partial charge in [-0.1, -0.05) is 49.4 Å². The van der Waals surface area contributed by atoms with E-state index in [4.69, 9.17) is 9.47 Å². The first-order valence-electron chi connectivity index (χ1n) is 11.2. The fraction of sp³-hybridized carbons (Fsp3) is 0.385. The van der Waals surface area contributed by atoms with Crippen molar-refractivity contribution >= 4 is 23.4 Å². The Morgan fingerprint density at radius 1 is 1.15 bits per heavy atom. The van der Waals surface area contributed by atoms with Crippen LogP contribution in [0.15, 0.2) is 53.1 Å². The molecule has 1 atom stereocenters. The van der Waals surface area contributed by atoms with Gasteiger partial charge in [0.2, 0.25) is 5.91 Å². The molecule has 0 aliphatic carbocycles. The number of thioether (sulfide) groups is 1. The van der Waals surface area contributed by atoms with Crippen molar-refractivity contribution in [3.63, 3.8) is 0 Å². The van der Waals surface area contributed by atoms with Crippen LogP contribution in [0.4, 0.5) is 5.69 Å². The predicted molar refractivity (Wildman–Crippen MR) is 131 cm³/mol. The summed E-state index contributed by atoms with van der Waals surface area (Å²) in [6.07, 6.45) is 3.68. The summed E-state index contributed by atoms with van der Waals surface area (Å²) in [6, 6.07) is 16.6. The van der Waals surface area contributed by atoms with Crippen LogP contribution in [0.3, 0.4) is 0 Å². The average molecular weight is 464 g/mol. The van der Waals surface area contributed by atoms with Crippen molar-refractivity contribution in [1.29, 1.82) is 5.26 Å². The highest BCUT2D eigenvalue weighted by atomic mass is 32.2. The van der Waals surface area contributed by atoms with E-state index in [-0.39, 0.29) is 18.2 Å². The van der Waals surface area contributed by atoms with Gasteiger partial charge < -0.3 is 14.4 Å². The van der Waals surface area contributed by atoms with Crippen molar-refractivity contribution in [3.05, 3.63) is 64.2 Å². The number of para-hydroxylation sites is 1. The first-order valence-corrected chi connectivity index (χ1v) is 12.2. The predicted octanol–water partition coefficient (Wildman–Crippen LogP) is 5.27. The number of hydrogen-bond acceptors (Lipinski definition) is 6. The van der Waals surface area contributed by atoms with Gasteiger partial charge in [-0.15, -0.1) is 0 Å². The van der Waals surface area contributed by atoms with Gasteiger partial charge in [-0.05, 0) is 36.6 Å². The van der Waals surface area contributed by atoms with Gasteiger partial charge in [0, 0.05) is 23.6 Å². The monoisotopic (exact) mass is 463 g/mol. The van der Waals surface area contributed by atoms with Crippen LogP contribution in [0.5, 0.6) is 11.5 Å². The van der Waals surface area contributed by atoms with Crippen molar-refractivity contribution < 1.29 is 14.3 Å². The van der Waals surface area contributed by atoms with Gasteiger partial charge in [0.15, 0.2) is 11.5 Å². The number of benzene rings is 2. The Morgan fingerprint density at radius 2 is 1.94 bits per heavy atom. The number of ether oxygens (including phenoxy) is 2. The van der Waals surface area contributed by atoms with Crippen LogP contribution in [0, 0.1) is 11.3 Å². The highest BCUT2D eigenvalue weighted by Gasteiger charge is 2.39. The van der Waals surface area contributed by atoms with Gasteiger partial charge in [-0.3, -0.25) is 9.69 Å². The molecule has 6 nitrogen and oxygen atoms in total. The molecule has 7 heteroatoms. The van der Waals surface area contributed by atoms with Crippen LogP contribution in [-0.2, 0) is 11.2 Å². The summed E-state index contributed by atoms with van der Waals surface area (Å²) < 4.78 is 11.0. The summed E-state index contributed by atoms with van der Waals surface area (Å²) >= 11 is 1.54. The van der Waals surface area contributed by atoms with Crippen molar-refractivity contribution in [2.24, 2.45) is 0 Å². The van der Waals surface area contributed by atoms with Crippen LogP contribution < -0.4 is 14.4 Å². The largest absolute Gasteiger partial charge is 0.493 e. The maximum atomic E-state index is 13.2. The molecule has 1 amide bonds. The lowest BCUT2D eigenvalue weighted by molar-refractivity contribution is -0.129. The zero-order valence-corrected chi connectivity index (χ0v) is 20.2. The number of allylic oxidation sites excluding steroid dienone is 1. The maximum Gasteiger partial charge on any atom is 0.229 e. The average Bonchev–Trinajstić information content (AvgIpc) is 2.87. The fourth-order valence-electron chi connectivity index (χ4n) is 4.43. The number of amides is 1. The van der Waals surface area contributed by atoms with E-state index in [9.17, 15) is 10.1 Å². The number of anilines is 1. The molecule has 2 aliphatic heterocycles. The number of rotatable bonds is 7. The summed E-state index contributed by atoms with van der Waals surface area (Å²) in [6.45, 7) is 2.65. The number of hydrogen-bond donors (Lipinski definition) is 0. The Labute approximate surface area is 199 Å². The van der Waals surface area contributed by atoms with Gasteiger partial charge in [0.1, 0.15) is 0 Å². The van der Waals surface area contributed by atoms with E-state index in [1.165, 1.54) is 18.4 Å². The summed E-state index contributed by atoms with van der Waals surface area (Å²) in [4.78, 5) is 17.2. The molecule has 0 saturated carbocycles. The second kappa shape index (κ2) is 10.2. The Morgan fingerprint density at radius 3 is 2.61 bits per heavy atom. The van der Waals surface area contributed by atoms with Gasteiger partial charge in [0.05, 0.1) is 43.4 Å². The van der Waals surface area contributed by atoms with Crippen LogP contribution in [-0.4, -0.2) is 37.6 Å². The Kier molecular flexibility index (Phi) is 7.14. The maximum absolute atomic E-state index is 13.2. The molecule has 0 bridgehead atoms. The molecule has 2 heterocycles. The van der Waals surface area contributed by atoms with Gasteiger partial charge in [0.25, 0.3) is 0 Å². The number of unbranched alkanes of at least 4 members (excludes halogenated alkanes) is 1. The molecule has 1 fully saturated rings. The lowest BCUT2D eigenvalue weighted by atomic mass is 9.85. The molecule has 172 valence electrons. The Balaban J connectivity index is 1.61. The SMILES string of the molecule is CCCCc1ccc(N2CSC3=C(C#N)[C@@H](c4cccc(OC)c4OC)CC(=O)N3C2)cc1. The second-order valence-corrected chi connectivity index (χ2v) is 9.15. The lowest BCUT2D eigenvalue weighted by Crippen LogP contribution is -2.47. The quantitative estimate of drug-likeness (QED) is 0.558. The Bertz CT molecular complexity index is 1090. The first kappa shape index (κ1) is 23.1. The van der Waals surface area contributed by atoms with Crippen LogP contribution in [0.1, 0.15) is 43.2 Å². The summed E-state index contributed by atoms with van der Waals surface area (Å²) in [5, 5.41) is 10.8. The third kappa shape index (κ3) is 4.53. The highest BCUT2D eigenvalue weighted by molar-refractivity contribution is 8.03. The van der Waals surface area contributed by atoms with E-state index in [1.807, 2.05) is 18.2 Å². The molecule has 0 spiro atoms. The zero-order valence-electron chi connectivity index (χ0n) is 19.3. The standard InChI is InChI=1S/C26H29N3O3S/c1-4-5-7-18-10-12-19(13-11-18)28-16-29-24(30)14-21(22(15-27)26(29)33-17-28)20-8-6-9-23(31-2)25(20)32-3/h6,8-13,21H,4-5,7,14,16-17H2,1-3H3/t21-/m1/s1. The number of fused-ring (bicyclic) bond motifs is 1. The Hall–Kier alpha value is -3.11. The molecule has 4 rings (SSSR count). The number of aryl methyl sites for hydroxylation is 1.